The molecule has 2 aromatic carbocycles. The molecule has 0 atom stereocenters. The van der Waals surface area contributed by atoms with Crippen LogP contribution in [0.1, 0.15) is 12.8 Å². The van der Waals surface area contributed by atoms with Crippen molar-refractivity contribution in [3.63, 3.8) is 0 Å². The van der Waals surface area contributed by atoms with Gasteiger partial charge in [0.25, 0.3) is 5.56 Å². The van der Waals surface area contributed by atoms with E-state index in [1.807, 2.05) is 6.07 Å². The average Bonchev–Trinajstić information content (AvgIpc) is 2.70. The summed E-state index contributed by atoms with van der Waals surface area (Å²) in [5.74, 6) is 0.700. The zero-order valence-corrected chi connectivity index (χ0v) is 16.3. The Morgan fingerprint density at radius 3 is 2.68 bits per heavy atom. The van der Waals surface area contributed by atoms with Crippen molar-refractivity contribution in [2.75, 3.05) is 19.5 Å². The number of carbonyl (C=O) groups is 1. The number of hydrogen-bond donors (Lipinski definition) is 1. The van der Waals surface area contributed by atoms with Gasteiger partial charge in [-0.25, -0.2) is 4.98 Å². The minimum absolute atomic E-state index is 0.116. The molecule has 0 saturated heterocycles. The van der Waals surface area contributed by atoms with E-state index in [2.05, 4.69) is 10.3 Å². The number of anilines is 1. The van der Waals surface area contributed by atoms with Crippen LogP contribution in [0.2, 0.25) is 5.02 Å². The number of benzene rings is 2. The third-order valence-electron chi connectivity index (χ3n) is 4.28. The lowest BCUT2D eigenvalue weighted by Gasteiger charge is -2.13. The van der Waals surface area contributed by atoms with Crippen molar-refractivity contribution in [2.24, 2.45) is 0 Å². The maximum Gasteiger partial charge on any atom is 0.261 e. The van der Waals surface area contributed by atoms with Gasteiger partial charge in [0, 0.05) is 19.0 Å². The molecule has 0 unspecified atom stereocenters. The predicted molar refractivity (Wildman–Crippen MR) is 108 cm³/mol. The smallest absolute Gasteiger partial charge is 0.261 e. The van der Waals surface area contributed by atoms with Crippen LogP contribution in [-0.2, 0) is 11.3 Å². The number of amides is 1. The monoisotopic (exact) mass is 401 g/mol. The number of carbonyl (C=O) groups excluding carboxylic acids is 1. The van der Waals surface area contributed by atoms with E-state index >= 15 is 0 Å². The minimum Gasteiger partial charge on any atom is -0.495 e. The molecule has 1 aromatic heterocycles. The van der Waals surface area contributed by atoms with Gasteiger partial charge in [-0.1, -0.05) is 23.7 Å². The standard InChI is InChI=1S/C20H20ClN3O4/c1-27-17-11-18(28-2)16(10-14(17)21)23-19(25)8-5-9-24-12-22-15-7-4-3-6-13(15)20(24)26/h3-4,6-7,10-12H,5,8-9H2,1-2H3,(H,23,25). The SMILES string of the molecule is COc1cc(OC)c(NC(=O)CCCn2cnc3ccccc3c2=O)cc1Cl. The summed E-state index contributed by atoms with van der Waals surface area (Å²) < 4.78 is 11.9. The van der Waals surface area contributed by atoms with Crippen molar-refractivity contribution in [3.05, 3.63) is 58.1 Å². The number of methoxy groups -OCH3 is 2. The number of hydrogen-bond acceptors (Lipinski definition) is 5. The zero-order chi connectivity index (χ0) is 20.1. The van der Waals surface area contributed by atoms with Gasteiger partial charge in [0.05, 0.1) is 42.2 Å². The highest BCUT2D eigenvalue weighted by atomic mass is 35.5. The molecule has 0 aliphatic rings. The van der Waals surface area contributed by atoms with Crippen molar-refractivity contribution in [1.82, 2.24) is 9.55 Å². The van der Waals surface area contributed by atoms with Crippen molar-refractivity contribution >= 4 is 34.1 Å². The van der Waals surface area contributed by atoms with Gasteiger partial charge in [-0.15, -0.1) is 0 Å². The molecule has 7 nitrogen and oxygen atoms in total. The molecule has 1 N–H and O–H groups in total. The second-order valence-corrected chi connectivity index (χ2v) is 6.51. The summed E-state index contributed by atoms with van der Waals surface area (Å²) in [5.41, 5.74) is 1.00. The van der Waals surface area contributed by atoms with E-state index in [9.17, 15) is 9.59 Å². The van der Waals surface area contributed by atoms with E-state index in [0.29, 0.717) is 46.1 Å². The Morgan fingerprint density at radius 2 is 1.93 bits per heavy atom. The fourth-order valence-electron chi connectivity index (χ4n) is 2.85. The quantitative estimate of drug-likeness (QED) is 0.655. The van der Waals surface area contributed by atoms with Crippen LogP contribution in [0.25, 0.3) is 10.9 Å². The Balaban J connectivity index is 1.63. The lowest BCUT2D eigenvalue weighted by molar-refractivity contribution is -0.116. The summed E-state index contributed by atoms with van der Waals surface area (Å²) in [6, 6.07) is 10.4. The second kappa shape index (κ2) is 8.75. The van der Waals surface area contributed by atoms with E-state index in [1.165, 1.54) is 25.1 Å². The lowest BCUT2D eigenvalue weighted by atomic mass is 10.2. The first-order chi connectivity index (χ1) is 13.5. The fraction of sp³-hybridized carbons (Fsp3) is 0.250. The number of nitrogens with one attached hydrogen (secondary N) is 1. The summed E-state index contributed by atoms with van der Waals surface area (Å²) >= 11 is 6.11. The summed E-state index contributed by atoms with van der Waals surface area (Å²) in [4.78, 5) is 29.0. The first-order valence-electron chi connectivity index (χ1n) is 8.69. The van der Waals surface area contributed by atoms with Gasteiger partial charge in [-0.3, -0.25) is 14.2 Å². The summed E-state index contributed by atoms with van der Waals surface area (Å²) in [6.45, 7) is 0.393. The molecule has 0 aliphatic heterocycles. The van der Waals surface area contributed by atoms with Crippen molar-refractivity contribution < 1.29 is 14.3 Å². The first-order valence-corrected chi connectivity index (χ1v) is 9.07. The lowest BCUT2D eigenvalue weighted by Crippen LogP contribution is -2.21. The predicted octanol–water partition coefficient (Wildman–Crippen LogP) is 3.49. The van der Waals surface area contributed by atoms with Crippen LogP contribution in [0.15, 0.2) is 47.5 Å². The zero-order valence-electron chi connectivity index (χ0n) is 15.6. The molecule has 1 heterocycles. The average molecular weight is 402 g/mol. The Morgan fingerprint density at radius 1 is 1.18 bits per heavy atom. The van der Waals surface area contributed by atoms with Crippen LogP contribution in [-0.4, -0.2) is 29.7 Å². The van der Waals surface area contributed by atoms with Gasteiger partial charge in [0.2, 0.25) is 5.91 Å². The van der Waals surface area contributed by atoms with Crippen molar-refractivity contribution in [1.29, 1.82) is 0 Å². The Bertz CT molecular complexity index is 1060. The maximum atomic E-state index is 12.5. The molecular formula is C20H20ClN3O4. The normalized spacial score (nSPS) is 10.7. The van der Waals surface area contributed by atoms with Gasteiger partial charge in [-0.2, -0.15) is 0 Å². The third kappa shape index (κ3) is 4.26. The molecule has 28 heavy (non-hydrogen) atoms. The van der Waals surface area contributed by atoms with E-state index in [-0.39, 0.29) is 17.9 Å². The van der Waals surface area contributed by atoms with Crippen LogP contribution in [0.5, 0.6) is 11.5 Å². The summed E-state index contributed by atoms with van der Waals surface area (Å²) in [5, 5.41) is 3.71. The number of aromatic nitrogens is 2. The van der Waals surface area contributed by atoms with Crippen molar-refractivity contribution in [2.45, 2.75) is 19.4 Å². The number of fused-ring (bicyclic) bond motifs is 1. The van der Waals surface area contributed by atoms with Crippen molar-refractivity contribution in [3.8, 4) is 11.5 Å². The number of aryl methyl sites for hydroxylation is 1. The fourth-order valence-corrected chi connectivity index (χ4v) is 3.09. The molecule has 3 aromatic rings. The van der Waals surface area contributed by atoms with E-state index in [4.69, 9.17) is 21.1 Å². The Hall–Kier alpha value is -3.06. The molecule has 0 radical (unpaired) electrons. The number of rotatable bonds is 7. The molecule has 0 saturated carbocycles. The van der Waals surface area contributed by atoms with E-state index in [0.717, 1.165) is 0 Å². The Kier molecular flexibility index (Phi) is 6.16. The van der Waals surface area contributed by atoms with E-state index < -0.39 is 0 Å². The molecule has 1 amide bonds. The molecule has 0 spiro atoms. The molecule has 0 fully saturated rings. The maximum absolute atomic E-state index is 12.5. The van der Waals surface area contributed by atoms with Crippen LogP contribution in [0.4, 0.5) is 5.69 Å². The second-order valence-electron chi connectivity index (χ2n) is 6.10. The van der Waals surface area contributed by atoms with E-state index in [1.54, 1.807) is 30.3 Å². The molecule has 8 heteroatoms. The largest absolute Gasteiger partial charge is 0.495 e. The summed E-state index contributed by atoms with van der Waals surface area (Å²) in [7, 11) is 3.00. The molecule has 146 valence electrons. The third-order valence-corrected chi connectivity index (χ3v) is 4.58. The van der Waals surface area contributed by atoms with Crippen LogP contribution in [0, 0.1) is 0 Å². The van der Waals surface area contributed by atoms with Crippen LogP contribution >= 0.6 is 11.6 Å². The topological polar surface area (TPSA) is 82.4 Å². The number of para-hydroxylation sites is 1. The Labute approximate surface area is 166 Å². The van der Waals surface area contributed by atoms with Crippen LogP contribution in [0.3, 0.4) is 0 Å². The molecule has 0 aliphatic carbocycles. The molecular weight excluding hydrogens is 382 g/mol. The highest BCUT2D eigenvalue weighted by Gasteiger charge is 2.13. The summed E-state index contributed by atoms with van der Waals surface area (Å²) in [6.07, 6.45) is 2.22. The number of halogens is 1. The van der Waals surface area contributed by atoms with Gasteiger partial charge in [0.15, 0.2) is 0 Å². The highest BCUT2D eigenvalue weighted by Crippen LogP contribution is 2.35. The number of ether oxygens (including phenoxy) is 2. The first kappa shape index (κ1) is 19.7. The highest BCUT2D eigenvalue weighted by molar-refractivity contribution is 6.32. The van der Waals surface area contributed by atoms with Gasteiger partial charge in [0.1, 0.15) is 11.5 Å². The van der Waals surface area contributed by atoms with Gasteiger partial charge >= 0.3 is 0 Å². The molecule has 0 bridgehead atoms. The van der Waals surface area contributed by atoms with Gasteiger partial charge in [-0.05, 0) is 24.6 Å². The minimum atomic E-state index is -0.207. The van der Waals surface area contributed by atoms with Crippen LogP contribution < -0.4 is 20.3 Å². The number of nitrogens with zero attached hydrogens (tertiary/aromatic N) is 2. The molecule has 3 rings (SSSR count). The van der Waals surface area contributed by atoms with Gasteiger partial charge < -0.3 is 14.8 Å².